The molecule has 3 aromatic rings. The predicted octanol–water partition coefficient (Wildman–Crippen LogP) is 3.99. The molecule has 1 aliphatic rings. The Morgan fingerprint density at radius 2 is 1.89 bits per heavy atom. The van der Waals surface area contributed by atoms with E-state index in [-0.39, 0.29) is 12.4 Å². The minimum Gasteiger partial charge on any atom is -0.487 e. The van der Waals surface area contributed by atoms with Gasteiger partial charge in [-0.1, -0.05) is 53.2 Å². The Hall–Kier alpha value is -2.91. The van der Waals surface area contributed by atoms with Crippen LogP contribution in [0.25, 0.3) is 0 Å². The normalized spacial score (nSPS) is 14.0. The van der Waals surface area contributed by atoms with Crippen molar-refractivity contribution in [1.29, 1.82) is 0 Å². The first-order valence-electron chi connectivity index (χ1n) is 11.2. The molecule has 186 valence electrons. The van der Waals surface area contributed by atoms with Crippen LogP contribution in [0.2, 0.25) is 5.02 Å². The standard InChI is InChI=1S/C25H28ClN5O3.ClH/c26-22-14-20(6-7-24(22)33-17-19-4-2-1-3-5-19)15-23-21(25(27)29-18-28-23)16-30-34-13-10-31-8-11-32-12-9-31;/h1-7,14,16,18H,8-13,15,17H2,(H2,27,28,29);1H/b30-16+;. The number of rotatable bonds is 10. The third-order valence-corrected chi connectivity index (χ3v) is 5.76. The number of nitrogen functional groups attached to an aromatic ring is 1. The van der Waals surface area contributed by atoms with E-state index in [0.29, 0.717) is 41.8 Å². The number of hydrogen-bond donors (Lipinski definition) is 1. The van der Waals surface area contributed by atoms with Gasteiger partial charge in [-0.15, -0.1) is 12.4 Å². The fourth-order valence-corrected chi connectivity index (χ4v) is 3.82. The third kappa shape index (κ3) is 8.07. The molecule has 2 heterocycles. The molecule has 2 N–H and O–H groups in total. The van der Waals surface area contributed by atoms with Gasteiger partial charge in [0.25, 0.3) is 0 Å². The van der Waals surface area contributed by atoms with Crippen molar-refractivity contribution in [2.75, 3.05) is 45.2 Å². The monoisotopic (exact) mass is 517 g/mol. The minimum absolute atomic E-state index is 0. The van der Waals surface area contributed by atoms with Gasteiger partial charge >= 0.3 is 0 Å². The summed E-state index contributed by atoms with van der Waals surface area (Å²) in [7, 11) is 0. The molecule has 0 unspecified atom stereocenters. The zero-order valence-corrected chi connectivity index (χ0v) is 20.9. The van der Waals surface area contributed by atoms with Crippen molar-refractivity contribution in [3.05, 3.63) is 82.3 Å². The highest BCUT2D eigenvalue weighted by molar-refractivity contribution is 6.32. The lowest BCUT2D eigenvalue weighted by atomic mass is 10.1. The van der Waals surface area contributed by atoms with Crippen molar-refractivity contribution in [3.63, 3.8) is 0 Å². The van der Waals surface area contributed by atoms with Crippen molar-refractivity contribution in [3.8, 4) is 5.75 Å². The molecule has 1 aliphatic heterocycles. The number of anilines is 1. The number of halogens is 2. The average molecular weight is 518 g/mol. The molecule has 4 rings (SSSR count). The maximum atomic E-state index is 6.47. The highest BCUT2D eigenvalue weighted by Gasteiger charge is 2.12. The fourth-order valence-electron chi connectivity index (χ4n) is 3.57. The summed E-state index contributed by atoms with van der Waals surface area (Å²) in [5.74, 6) is 0.978. The van der Waals surface area contributed by atoms with Crippen molar-refractivity contribution in [2.24, 2.45) is 5.16 Å². The zero-order valence-electron chi connectivity index (χ0n) is 19.3. The molecular weight excluding hydrogens is 489 g/mol. The van der Waals surface area contributed by atoms with Crippen LogP contribution in [0.5, 0.6) is 5.75 Å². The largest absolute Gasteiger partial charge is 0.487 e. The molecule has 0 bridgehead atoms. The Balaban J connectivity index is 0.00000342. The van der Waals surface area contributed by atoms with Gasteiger partial charge in [0.05, 0.1) is 35.7 Å². The summed E-state index contributed by atoms with van der Waals surface area (Å²) in [5.41, 5.74) is 9.51. The van der Waals surface area contributed by atoms with Crippen LogP contribution in [0.3, 0.4) is 0 Å². The summed E-state index contributed by atoms with van der Waals surface area (Å²) in [5, 5.41) is 4.62. The van der Waals surface area contributed by atoms with Crippen molar-refractivity contribution >= 4 is 36.0 Å². The topological polar surface area (TPSA) is 95.1 Å². The molecule has 1 aromatic heterocycles. The molecule has 8 nitrogen and oxygen atoms in total. The lowest BCUT2D eigenvalue weighted by molar-refractivity contribution is 0.0214. The molecule has 35 heavy (non-hydrogen) atoms. The van der Waals surface area contributed by atoms with E-state index in [1.807, 2.05) is 48.5 Å². The summed E-state index contributed by atoms with van der Waals surface area (Å²) < 4.78 is 11.2. The quantitative estimate of drug-likeness (QED) is 0.246. The van der Waals surface area contributed by atoms with Gasteiger partial charge in [-0.25, -0.2) is 9.97 Å². The first kappa shape index (κ1) is 26.7. The number of nitrogens with zero attached hydrogens (tertiary/aromatic N) is 4. The summed E-state index contributed by atoms with van der Waals surface area (Å²) >= 11 is 6.47. The summed E-state index contributed by atoms with van der Waals surface area (Å²) in [4.78, 5) is 16.2. The molecule has 0 spiro atoms. The second-order valence-corrected chi connectivity index (χ2v) is 8.26. The third-order valence-electron chi connectivity index (χ3n) is 5.46. The number of nitrogens with two attached hydrogens (primary N) is 1. The van der Waals surface area contributed by atoms with Gasteiger partial charge in [0.1, 0.15) is 31.1 Å². The molecule has 0 saturated carbocycles. The smallest absolute Gasteiger partial charge is 0.138 e. The summed E-state index contributed by atoms with van der Waals surface area (Å²) in [6.07, 6.45) is 3.53. The molecule has 0 aliphatic carbocycles. The molecule has 1 saturated heterocycles. The van der Waals surface area contributed by atoms with E-state index in [0.717, 1.165) is 49.7 Å². The molecule has 0 radical (unpaired) electrons. The van der Waals surface area contributed by atoms with E-state index in [1.54, 1.807) is 6.21 Å². The minimum atomic E-state index is 0. The van der Waals surface area contributed by atoms with Crippen LogP contribution in [0.1, 0.15) is 22.4 Å². The number of ether oxygens (including phenoxy) is 2. The van der Waals surface area contributed by atoms with E-state index in [2.05, 4.69) is 20.0 Å². The highest BCUT2D eigenvalue weighted by Crippen LogP contribution is 2.27. The molecule has 1 fully saturated rings. The maximum absolute atomic E-state index is 6.47. The van der Waals surface area contributed by atoms with Crippen LogP contribution in [0, 0.1) is 0 Å². The van der Waals surface area contributed by atoms with E-state index in [4.69, 9.17) is 31.6 Å². The number of benzene rings is 2. The van der Waals surface area contributed by atoms with Gasteiger partial charge in [0.15, 0.2) is 0 Å². The predicted molar refractivity (Wildman–Crippen MR) is 140 cm³/mol. The fraction of sp³-hybridized carbons (Fsp3) is 0.320. The molecular formula is C25H29Cl2N5O3. The maximum Gasteiger partial charge on any atom is 0.138 e. The Morgan fingerprint density at radius 1 is 1.09 bits per heavy atom. The van der Waals surface area contributed by atoms with Gasteiger partial charge < -0.3 is 20.0 Å². The van der Waals surface area contributed by atoms with E-state index in [9.17, 15) is 0 Å². The van der Waals surface area contributed by atoms with Gasteiger partial charge in [-0.05, 0) is 23.3 Å². The van der Waals surface area contributed by atoms with Crippen LogP contribution in [-0.4, -0.2) is 60.5 Å². The van der Waals surface area contributed by atoms with Crippen LogP contribution in [-0.2, 0) is 22.6 Å². The highest BCUT2D eigenvalue weighted by atomic mass is 35.5. The average Bonchev–Trinajstić information content (AvgIpc) is 2.86. The van der Waals surface area contributed by atoms with Gasteiger partial charge in [0, 0.05) is 26.1 Å². The number of aromatic nitrogens is 2. The Kier molecular flexibility index (Phi) is 10.6. The van der Waals surface area contributed by atoms with Gasteiger partial charge in [-0.2, -0.15) is 0 Å². The second-order valence-electron chi connectivity index (χ2n) is 7.86. The number of oxime groups is 1. The number of hydrogen-bond acceptors (Lipinski definition) is 8. The van der Waals surface area contributed by atoms with Crippen molar-refractivity contribution < 1.29 is 14.3 Å². The van der Waals surface area contributed by atoms with Crippen LogP contribution in [0.15, 0.2) is 60.0 Å². The van der Waals surface area contributed by atoms with E-state index >= 15 is 0 Å². The summed E-state index contributed by atoms with van der Waals surface area (Å²) in [6.45, 7) is 5.08. The number of morpholine rings is 1. The second kappa shape index (κ2) is 13.8. The Morgan fingerprint density at radius 3 is 2.66 bits per heavy atom. The SMILES string of the molecule is Cl.Nc1ncnc(Cc2ccc(OCc3ccccc3)c(Cl)c2)c1/C=N/OCCN1CCOCC1. The first-order chi connectivity index (χ1) is 16.7. The lowest BCUT2D eigenvalue weighted by Gasteiger charge is -2.25. The summed E-state index contributed by atoms with van der Waals surface area (Å²) in [6, 6.07) is 15.7. The van der Waals surface area contributed by atoms with Crippen LogP contribution < -0.4 is 10.5 Å². The van der Waals surface area contributed by atoms with E-state index < -0.39 is 0 Å². The molecule has 0 amide bonds. The lowest BCUT2D eigenvalue weighted by Crippen LogP contribution is -2.38. The van der Waals surface area contributed by atoms with Crippen LogP contribution >= 0.6 is 24.0 Å². The van der Waals surface area contributed by atoms with Crippen molar-refractivity contribution in [1.82, 2.24) is 14.9 Å². The van der Waals surface area contributed by atoms with Crippen LogP contribution in [0.4, 0.5) is 5.82 Å². The molecule has 10 heteroatoms. The Labute approximate surface area is 216 Å². The zero-order chi connectivity index (χ0) is 23.6. The molecule has 0 atom stereocenters. The molecule has 2 aromatic carbocycles. The Bertz CT molecular complexity index is 1100. The van der Waals surface area contributed by atoms with Gasteiger partial charge in [0.2, 0.25) is 0 Å². The first-order valence-corrected chi connectivity index (χ1v) is 11.6. The van der Waals surface area contributed by atoms with Crippen molar-refractivity contribution in [2.45, 2.75) is 13.0 Å². The van der Waals surface area contributed by atoms with E-state index in [1.165, 1.54) is 6.33 Å². The van der Waals surface area contributed by atoms with Gasteiger partial charge in [-0.3, -0.25) is 4.90 Å².